The van der Waals surface area contributed by atoms with Crippen LogP contribution in [0.3, 0.4) is 0 Å². The number of thiophene rings is 1. The zero-order valence-electron chi connectivity index (χ0n) is 12.3. The second kappa shape index (κ2) is 6.02. The first-order valence-electron chi connectivity index (χ1n) is 7.02. The first-order chi connectivity index (χ1) is 10.9. The maximum absolute atomic E-state index is 12.7. The van der Waals surface area contributed by atoms with Crippen molar-refractivity contribution in [3.63, 3.8) is 0 Å². The van der Waals surface area contributed by atoms with Crippen molar-refractivity contribution in [3.05, 3.63) is 28.9 Å². The van der Waals surface area contributed by atoms with E-state index in [1.54, 1.807) is 12.1 Å². The average Bonchev–Trinajstić information content (AvgIpc) is 3.16. The third-order valence-corrected chi connectivity index (χ3v) is 7.27. The smallest absolute Gasteiger partial charge is 0.303 e. The highest BCUT2D eigenvalue weighted by Gasteiger charge is 2.42. The van der Waals surface area contributed by atoms with E-state index < -0.39 is 16.0 Å². The van der Waals surface area contributed by atoms with Crippen LogP contribution in [0.25, 0.3) is 0 Å². The van der Waals surface area contributed by atoms with Crippen molar-refractivity contribution in [2.45, 2.75) is 23.5 Å². The Kier molecular flexibility index (Phi) is 4.21. The van der Waals surface area contributed by atoms with Gasteiger partial charge in [-0.05, 0) is 25.0 Å². The van der Waals surface area contributed by atoms with E-state index >= 15 is 0 Å². The lowest BCUT2D eigenvalue weighted by Crippen LogP contribution is -2.28. The van der Waals surface area contributed by atoms with Crippen molar-refractivity contribution in [1.82, 2.24) is 19.7 Å². The van der Waals surface area contributed by atoms with Gasteiger partial charge >= 0.3 is 5.97 Å². The number of carboxylic acid groups (broad SMARTS) is 1. The summed E-state index contributed by atoms with van der Waals surface area (Å²) in [6.07, 6.45) is 1.41. The summed E-state index contributed by atoms with van der Waals surface area (Å²) in [5.74, 6) is -1.55. The Morgan fingerprint density at radius 1 is 1.48 bits per heavy atom. The van der Waals surface area contributed by atoms with E-state index in [4.69, 9.17) is 5.11 Å². The Morgan fingerprint density at radius 3 is 2.83 bits per heavy atom. The normalized spacial score (nSPS) is 22.5. The number of nitrogens with one attached hydrogen (secondary N) is 1. The summed E-state index contributed by atoms with van der Waals surface area (Å²) in [4.78, 5) is 12.0. The Labute approximate surface area is 137 Å². The molecule has 0 saturated carbocycles. The maximum Gasteiger partial charge on any atom is 0.303 e. The van der Waals surface area contributed by atoms with Gasteiger partial charge in [0.05, 0.1) is 18.3 Å². The van der Waals surface area contributed by atoms with Gasteiger partial charge in [0.1, 0.15) is 4.21 Å². The quantitative estimate of drug-likeness (QED) is 0.827. The second-order valence-corrected chi connectivity index (χ2v) is 9.00. The summed E-state index contributed by atoms with van der Waals surface area (Å²) in [6.45, 7) is 2.23. The Hall–Kier alpha value is -1.78. The lowest BCUT2D eigenvalue weighted by atomic mass is 9.91. The van der Waals surface area contributed by atoms with Gasteiger partial charge in [0.2, 0.25) is 0 Å². The van der Waals surface area contributed by atoms with Gasteiger partial charge in [0.15, 0.2) is 0 Å². The molecule has 0 aromatic carbocycles. The highest BCUT2D eigenvalue weighted by atomic mass is 32.2. The van der Waals surface area contributed by atoms with Crippen LogP contribution in [-0.2, 0) is 14.8 Å². The van der Waals surface area contributed by atoms with Crippen LogP contribution in [-0.4, -0.2) is 52.3 Å². The van der Waals surface area contributed by atoms with Crippen LogP contribution in [0.4, 0.5) is 0 Å². The molecule has 2 atom stereocenters. The summed E-state index contributed by atoms with van der Waals surface area (Å²) < 4.78 is 27.1. The van der Waals surface area contributed by atoms with E-state index in [0.717, 1.165) is 4.88 Å². The van der Waals surface area contributed by atoms with Crippen LogP contribution in [0.1, 0.15) is 22.9 Å². The zero-order chi connectivity index (χ0) is 16.6. The minimum absolute atomic E-state index is 0.104. The summed E-state index contributed by atoms with van der Waals surface area (Å²) in [7, 11) is -3.61. The third kappa shape index (κ3) is 3.14. The van der Waals surface area contributed by atoms with Crippen molar-refractivity contribution < 1.29 is 18.3 Å². The molecule has 124 valence electrons. The van der Waals surface area contributed by atoms with Crippen LogP contribution in [0, 0.1) is 12.8 Å². The first kappa shape index (κ1) is 16.1. The molecule has 0 amide bonds. The molecule has 3 heterocycles. The number of sulfonamides is 1. The van der Waals surface area contributed by atoms with Crippen molar-refractivity contribution >= 4 is 27.3 Å². The van der Waals surface area contributed by atoms with Gasteiger partial charge in [0.25, 0.3) is 10.0 Å². The molecule has 2 aromatic rings. The van der Waals surface area contributed by atoms with E-state index in [2.05, 4.69) is 15.4 Å². The number of aliphatic carboxylic acids is 1. The SMILES string of the molecule is Cc1ccc(S(=O)(=O)N2C[C@@H](CC(=O)O)[C@@H](c3cn[nH]n3)C2)s1. The molecule has 8 nitrogen and oxygen atoms in total. The molecule has 2 N–H and O–H groups in total. The third-order valence-electron chi connectivity index (χ3n) is 3.97. The molecule has 2 aromatic heterocycles. The lowest BCUT2D eigenvalue weighted by Gasteiger charge is -2.14. The van der Waals surface area contributed by atoms with E-state index in [-0.39, 0.29) is 35.6 Å². The van der Waals surface area contributed by atoms with Gasteiger partial charge < -0.3 is 5.11 Å². The highest BCUT2D eigenvalue weighted by Crippen LogP contribution is 2.37. The van der Waals surface area contributed by atoms with E-state index in [0.29, 0.717) is 5.69 Å². The van der Waals surface area contributed by atoms with Crippen LogP contribution >= 0.6 is 11.3 Å². The molecule has 0 unspecified atom stereocenters. The predicted molar refractivity (Wildman–Crippen MR) is 82.7 cm³/mol. The Balaban J connectivity index is 1.89. The maximum atomic E-state index is 12.7. The van der Waals surface area contributed by atoms with Crippen molar-refractivity contribution in [1.29, 1.82) is 0 Å². The fraction of sp³-hybridized carbons (Fsp3) is 0.462. The van der Waals surface area contributed by atoms with Crippen molar-refractivity contribution in [2.24, 2.45) is 5.92 Å². The number of aromatic nitrogens is 3. The molecule has 23 heavy (non-hydrogen) atoms. The molecule has 0 bridgehead atoms. The molecular formula is C13H16N4O4S2. The largest absolute Gasteiger partial charge is 0.481 e. The number of carbonyl (C=O) groups is 1. The summed E-state index contributed by atoms with van der Waals surface area (Å²) in [6, 6.07) is 3.35. The zero-order valence-corrected chi connectivity index (χ0v) is 14.0. The van der Waals surface area contributed by atoms with Crippen LogP contribution in [0.5, 0.6) is 0 Å². The first-order valence-corrected chi connectivity index (χ1v) is 9.27. The Morgan fingerprint density at radius 2 is 2.26 bits per heavy atom. The molecule has 1 saturated heterocycles. The molecule has 0 aliphatic carbocycles. The number of H-pyrrole nitrogens is 1. The number of nitrogens with zero attached hydrogens (tertiary/aromatic N) is 3. The van der Waals surface area contributed by atoms with Gasteiger partial charge in [0, 0.05) is 23.9 Å². The van der Waals surface area contributed by atoms with Gasteiger partial charge in [-0.3, -0.25) is 4.79 Å². The van der Waals surface area contributed by atoms with Crippen LogP contribution in [0.15, 0.2) is 22.5 Å². The monoisotopic (exact) mass is 356 g/mol. The number of aromatic amines is 1. The number of carboxylic acids is 1. The molecule has 0 spiro atoms. The molecule has 3 rings (SSSR count). The topological polar surface area (TPSA) is 116 Å². The number of hydrogen-bond donors (Lipinski definition) is 2. The molecular weight excluding hydrogens is 340 g/mol. The fourth-order valence-corrected chi connectivity index (χ4v) is 5.82. The highest BCUT2D eigenvalue weighted by molar-refractivity contribution is 7.91. The van der Waals surface area contributed by atoms with Crippen LogP contribution in [0.2, 0.25) is 0 Å². The average molecular weight is 356 g/mol. The molecule has 10 heteroatoms. The minimum Gasteiger partial charge on any atom is -0.481 e. The van der Waals surface area contributed by atoms with Gasteiger partial charge in [-0.25, -0.2) is 8.42 Å². The van der Waals surface area contributed by atoms with E-state index in [1.807, 2.05) is 6.92 Å². The molecule has 1 fully saturated rings. The standard InChI is InChI=1S/C13H16N4O4S2/c1-8-2-3-13(22-8)23(20,21)17-6-9(4-12(18)19)10(7-17)11-5-14-16-15-11/h2-3,5,9-10H,4,6-7H2,1H3,(H,18,19)(H,14,15,16)/t9-,10+/m1/s1. The molecule has 0 radical (unpaired) electrons. The Bertz CT molecular complexity index is 800. The van der Waals surface area contributed by atoms with Crippen LogP contribution < -0.4 is 0 Å². The summed E-state index contributed by atoms with van der Waals surface area (Å²) in [5.41, 5.74) is 0.594. The fourth-order valence-electron chi connectivity index (χ4n) is 2.86. The number of rotatable bonds is 5. The second-order valence-electron chi connectivity index (χ2n) is 5.55. The predicted octanol–water partition coefficient (Wildman–Crippen LogP) is 1.05. The minimum atomic E-state index is -3.61. The van der Waals surface area contributed by atoms with Gasteiger partial charge in [-0.2, -0.15) is 19.7 Å². The van der Waals surface area contributed by atoms with Gasteiger partial charge in [-0.1, -0.05) is 0 Å². The lowest BCUT2D eigenvalue weighted by molar-refractivity contribution is -0.138. The number of aryl methyl sites for hydroxylation is 1. The van der Waals surface area contributed by atoms with Crippen molar-refractivity contribution in [2.75, 3.05) is 13.1 Å². The molecule has 1 aliphatic rings. The van der Waals surface area contributed by atoms with E-state index in [1.165, 1.54) is 21.8 Å². The number of hydrogen-bond acceptors (Lipinski definition) is 6. The van der Waals surface area contributed by atoms with Crippen molar-refractivity contribution in [3.8, 4) is 0 Å². The van der Waals surface area contributed by atoms with E-state index in [9.17, 15) is 13.2 Å². The summed E-state index contributed by atoms with van der Waals surface area (Å²) in [5, 5.41) is 19.3. The summed E-state index contributed by atoms with van der Waals surface area (Å²) >= 11 is 1.22. The molecule has 1 aliphatic heterocycles. The van der Waals surface area contributed by atoms with Gasteiger partial charge in [-0.15, -0.1) is 11.3 Å².